The lowest BCUT2D eigenvalue weighted by Gasteiger charge is -2.08. The Kier molecular flexibility index (Phi) is 3.57. The Hall–Kier alpha value is -2.68. The Morgan fingerprint density at radius 2 is 2.16 bits per heavy atom. The number of amides is 1. The van der Waals surface area contributed by atoms with E-state index in [0.717, 1.165) is 0 Å². The lowest BCUT2D eigenvalue weighted by molar-refractivity contribution is -0.112. The second-order valence-electron chi connectivity index (χ2n) is 4.14. The molecule has 0 spiro atoms. The highest BCUT2D eigenvalue weighted by atomic mass is 16.7. The standard InChI is InChI=1S/C13H13N3O3/c1-16(2)7-9(6-14)13(17)15-10-3-4-11-12(5-10)19-8-18-11/h3-5,7H,8H2,1-2H3,(H,15,17). The van der Waals surface area contributed by atoms with Gasteiger partial charge in [-0.2, -0.15) is 5.26 Å². The lowest BCUT2D eigenvalue weighted by atomic mass is 10.2. The number of carbonyl (C=O) groups excluding carboxylic acids is 1. The number of nitriles is 1. The number of carbonyl (C=O) groups is 1. The van der Waals surface area contributed by atoms with Crippen LogP contribution in [0.5, 0.6) is 11.5 Å². The molecule has 0 saturated heterocycles. The Morgan fingerprint density at radius 3 is 2.84 bits per heavy atom. The van der Waals surface area contributed by atoms with Crippen molar-refractivity contribution in [1.82, 2.24) is 4.90 Å². The van der Waals surface area contributed by atoms with Crippen LogP contribution in [0.25, 0.3) is 0 Å². The van der Waals surface area contributed by atoms with E-state index in [1.165, 1.54) is 6.20 Å². The van der Waals surface area contributed by atoms with Gasteiger partial charge < -0.3 is 19.7 Å². The number of fused-ring (bicyclic) bond motifs is 1. The molecule has 0 radical (unpaired) electrons. The first kappa shape index (κ1) is 12.8. The Bertz CT molecular complexity index is 573. The second-order valence-corrected chi connectivity index (χ2v) is 4.14. The van der Waals surface area contributed by atoms with Crippen molar-refractivity contribution in [3.05, 3.63) is 30.0 Å². The van der Waals surface area contributed by atoms with Gasteiger partial charge >= 0.3 is 0 Å². The van der Waals surface area contributed by atoms with Crippen molar-refractivity contribution in [2.45, 2.75) is 0 Å². The molecule has 6 heteroatoms. The van der Waals surface area contributed by atoms with E-state index in [0.29, 0.717) is 17.2 Å². The van der Waals surface area contributed by atoms with Crippen LogP contribution in [-0.4, -0.2) is 31.7 Å². The quantitative estimate of drug-likeness (QED) is 0.654. The van der Waals surface area contributed by atoms with Crippen LogP contribution in [0.1, 0.15) is 0 Å². The Balaban J connectivity index is 2.13. The molecular formula is C13H13N3O3. The maximum Gasteiger partial charge on any atom is 0.267 e. The van der Waals surface area contributed by atoms with Crippen molar-refractivity contribution in [2.24, 2.45) is 0 Å². The first-order valence-corrected chi connectivity index (χ1v) is 5.59. The van der Waals surface area contributed by atoms with Gasteiger partial charge in [0.1, 0.15) is 11.6 Å². The molecule has 0 atom stereocenters. The lowest BCUT2D eigenvalue weighted by Crippen LogP contribution is -2.16. The molecule has 1 amide bonds. The molecular weight excluding hydrogens is 246 g/mol. The topological polar surface area (TPSA) is 74.6 Å². The minimum atomic E-state index is -0.463. The summed E-state index contributed by atoms with van der Waals surface area (Å²) in [6.07, 6.45) is 1.46. The fourth-order valence-electron chi connectivity index (χ4n) is 1.57. The van der Waals surface area contributed by atoms with Gasteiger partial charge in [0.05, 0.1) is 0 Å². The summed E-state index contributed by atoms with van der Waals surface area (Å²) >= 11 is 0. The number of hydrogen-bond donors (Lipinski definition) is 1. The summed E-state index contributed by atoms with van der Waals surface area (Å²) in [6, 6.07) is 6.91. The zero-order valence-electron chi connectivity index (χ0n) is 10.6. The fourth-order valence-corrected chi connectivity index (χ4v) is 1.57. The largest absolute Gasteiger partial charge is 0.454 e. The summed E-state index contributed by atoms with van der Waals surface area (Å²) in [7, 11) is 3.48. The smallest absolute Gasteiger partial charge is 0.267 e. The molecule has 6 nitrogen and oxygen atoms in total. The van der Waals surface area contributed by atoms with E-state index in [2.05, 4.69) is 5.32 Å². The minimum absolute atomic E-state index is 0.0302. The molecule has 0 unspecified atom stereocenters. The van der Waals surface area contributed by atoms with Crippen LogP contribution >= 0.6 is 0 Å². The molecule has 0 saturated carbocycles. The Morgan fingerprint density at radius 1 is 1.42 bits per heavy atom. The maximum atomic E-state index is 11.9. The van der Waals surface area contributed by atoms with Crippen LogP contribution < -0.4 is 14.8 Å². The van der Waals surface area contributed by atoms with Crippen LogP contribution in [-0.2, 0) is 4.79 Å². The van der Waals surface area contributed by atoms with E-state index < -0.39 is 5.91 Å². The predicted molar refractivity (Wildman–Crippen MR) is 68.6 cm³/mol. The van der Waals surface area contributed by atoms with Gasteiger partial charge in [0.15, 0.2) is 11.5 Å². The van der Waals surface area contributed by atoms with Gasteiger partial charge in [-0.15, -0.1) is 0 Å². The van der Waals surface area contributed by atoms with Crippen molar-refractivity contribution in [3.63, 3.8) is 0 Å². The summed E-state index contributed by atoms with van der Waals surface area (Å²) in [6.45, 7) is 0.177. The summed E-state index contributed by atoms with van der Waals surface area (Å²) in [5, 5.41) is 11.6. The highest BCUT2D eigenvalue weighted by molar-refractivity contribution is 6.06. The van der Waals surface area contributed by atoms with Crippen molar-refractivity contribution in [3.8, 4) is 17.6 Å². The van der Waals surface area contributed by atoms with Crippen LogP contribution in [0, 0.1) is 11.3 Å². The molecule has 1 heterocycles. The monoisotopic (exact) mass is 259 g/mol. The second kappa shape index (κ2) is 5.31. The van der Waals surface area contributed by atoms with E-state index in [1.54, 1.807) is 37.2 Å². The summed E-state index contributed by atoms with van der Waals surface area (Å²) in [5.74, 6) is 0.755. The molecule has 1 N–H and O–H groups in total. The normalized spacial score (nSPS) is 12.8. The molecule has 0 aromatic heterocycles. The van der Waals surface area contributed by atoms with Gasteiger partial charge in [-0.3, -0.25) is 4.79 Å². The van der Waals surface area contributed by atoms with E-state index in [-0.39, 0.29) is 12.4 Å². The molecule has 19 heavy (non-hydrogen) atoms. The molecule has 98 valence electrons. The summed E-state index contributed by atoms with van der Waals surface area (Å²) in [5.41, 5.74) is 0.580. The van der Waals surface area contributed by atoms with Gasteiger partial charge in [0, 0.05) is 32.0 Å². The zero-order valence-corrected chi connectivity index (χ0v) is 10.6. The van der Waals surface area contributed by atoms with Crippen molar-refractivity contribution < 1.29 is 14.3 Å². The summed E-state index contributed by atoms with van der Waals surface area (Å²) < 4.78 is 10.4. The maximum absolute atomic E-state index is 11.9. The van der Waals surface area contributed by atoms with Crippen LogP contribution in [0.4, 0.5) is 5.69 Å². The Labute approximate surface area is 110 Å². The van der Waals surface area contributed by atoms with Gasteiger partial charge in [-0.05, 0) is 12.1 Å². The van der Waals surface area contributed by atoms with Gasteiger partial charge in [-0.25, -0.2) is 0 Å². The van der Waals surface area contributed by atoms with Crippen molar-refractivity contribution >= 4 is 11.6 Å². The molecule has 1 aliphatic heterocycles. The number of hydrogen-bond acceptors (Lipinski definition) is 5. The third-order valence-electron chi connectivity index (χ3n) is 2.38. The van der Waals surface area contributed by atoms with Crippen LogP contribution in [0.15, 0.2) is 30.0 Å². The average Bonchev–Trinajstić information content (AvgIpc) is 2.82. The summed E-state index contributed by atoms with van der Waals surface area (Å²) in [4.78, 5) is 13.5. The third-order valence-corrected chi connectivity index (χ3v) is 2.38. The highest BCUT2D eigenvalue weighted by Gasteiger charge is 2.15. The van der Waals surface area contributed by atoms with Crippen molar-refractivity contribution in [1.29, 1.82) is 5.26 Å². The van der Waals surface area contributed by atoms with Crippen molar-refractivity contribution in [2.75, 3.05) is 26.2 Å². The van der Waals surface area contributed by atoms with Gasteiger partial charge in [0.25, 0.3) is 5.91 Å². The van der Waals surface area contributed by atoms with E-state index in [9.17, 15) is 4.79 Å². The molecule has 0 aliphatic carbocycles. The zero-order chi connectivity index (χ0) is 13.8. The molecule has 0 fully saturated rings. The number of rotatable bonds is 3. The first-order chi connectivity index (χ1) is 9.10. The number of nitrogens with one attached hydrogen (secondary N) is 1. The highest BCUT2D eigenvalue weighted by Crippen LogP contribution is 2.34. The van der Waals surface area contributed by atoms with E-state index in [4.69, 9.17) is 14.7 Å². The van der Waals surface area contributed by atoms with Gasteiger partial charge in [0.2, 0.25) is 6.79 Å². The molecule has 1 aromatic carbocycles. The van der Waals surface area contributed by atoms with E-state index >= 15 is 0 Å². The minimum Gasteiger partial charge on any atom is -0.454 e. The number of anilines is 1. The molecule has 1 aliphatic rings. The van der Waals surface area contributed by atoms with E-state index in [1.807, 2.05) is 6.07 Å². The number of nitrogens with zero attached hydrogens (tertiary/aromatic N) is 2. The van der Waals surface area contributed by atoms with Gasteiger partial charge in [-0.1, -0.05) is 0 Å². The molecule has 0 bridgehead atoms. The third kappa shape index (κ3) is 2.96. The van der Waals surface area contributed by atoms with Crippen LogP contribution in [0.2, 0.25) is 0 Å². The molecule has 2 rings (SSSR count). The average molecular weight is 259 g/mol. The SMILES string of the molecule is CN(C)C=C(C#N)C(=O)Nc1ccc2c(c1)OCO2. The first-order valence-electron chi connectivity index (χ1n) is 5.59. The fraction of sp³-hybridized carbons (Fsp3) is 0.231. The number of benzene rings is 1. The predicted octanol–water partition coefficient (Wildman–Crippen LogP) is 1.32. The molecule has 1 aromatic rings. The van der Waals surface area contributed by atoms with Crippen LogP contribution in [0.3, 0.4) is 0 Å². The number of ether oxygens (including phenoxy) is 2.